The minimum Gasteiger partial charge on any atom is -0.508 e. The normalized spacial score (nSPS) is 21.1. The number of piperazine rings is 1. The molecule has 7 heteroatoms. The Morgan fingerprint density at radius 3 is 2.48 bits per heavy atom. The van der Waals surface area contributed by atoms with Crippen LogP contribution in [-0.4, -0.2) is 49.4 Å². The Labute approximate surface area is 149 Å². The van der Waals surface area contributed by atoms with E-state index in [0.717, 1.165) is 57.8 Å². The minimum absolute atomic E-state index is 0. The van der Waals surface area contributed by atoms with Gasteiger partial charge >= 0.3 is 0 Å². The number of rotatable bonds is 3. The zero-order valence-corrected chi connectivity index (χ0v) is 14.7. The van der Waals surface area contributed by atoms with E-state index >= 15 is 0 Å². The Bertz CT molecular complexity index is 463. The van der Waals surface area contributed by atoms with Gasteiger partial charge in [-0.1, -0.05) is 0 Å². The number of nitrogens with one attached hydrogen (secondary N) is 1. The molecule has 1 aromatic carbocycles. The molecule has 1 aromatic rings. The summed E-state index contributed by atoms with van der Waals surface area (Å²) < 4.78 is 19.1. The van der Waals surface area contributed by atoms with Gasteiger partial charge in [-0.2, -0.15) is 0 Å². The third kappa shape index (κ3) is 4.94. The van der Waals surface area contributed by atoms with E-state index in [9.17, 15) is 9.50 Å². The predicted molar refractivity (Wildman–Crippen MR) is 93.3 cm³/mol. The van der Waals surface area contributed by atoms with Crippen molar-refractivity contribution < 1.29 is 14.2 Å². The molecule has 0 spiro atoms. The van der Waals surface area contributed by atoms with Gasteiger partial charge in [0.05, 0.1) is 0 Å². The van der Waals surface area contributed by atoms with E-state index in [1.807, 2.05) is 0 Å². The van der Waals surface area contributed by atoms with Gasteiger partial charge in [-0.25, -0.2) is 4.39 Å². The standard InChI is InChI=1S/C16H23FN2O2.2ClH/c17-13-1-2-15(20)14(11-13)16(12-3-9-21-10-4-12)19-7-5-18-6-8-19;;/h1-2,11-12,16,18,20H,3-10H2;2*1H/t16-;;/m1../s1. The van der Waals surface area contributed by atoms with E-state index in [1.165, 1.54) is 18.2 Å². The molecule has 4 nitrogen and oxygen atoms in total. The number of ether oxygens (including phenoxy) is 1. The zero-order chi connectivity index (χ0) is 14.7. The Kier molecular flexibility index (Phi) is 8.58. The summed E-state index contributed by atoms with van der Waals surface area (Å²) in [5, 5.41) is 13.6. The fraction of sp³-hybridized carbons (Fsp3) is 0.625. The maximum absolute atomic E-state index is 13.7. The summed E-state index contributed by atoms with van der Waals surface area (Å²) in [4.78, 5) is 2.38. The molecule has 0 unspecified atom stereocenters. The zero-order valence-electron chi connectivity index (χ0n) is 13.0. The Morgan fingerprint density at radius 1 is 1.17 bits per heavy atom. The fourth-order valence-corrected chi connectivity index (χ4v) is 3.50. The molecule has 3 rings (SSSR count). The number of halogens is 3. The van der Waals surface area contributed by atoms with Crippen molar-refractivity contribution >= 4 is 24.8 Å². The molecular formula is C16H25Cl2FN2O2. The van der Waals surface area contributed by atoms with Crippen molar-refractivity contribution in [3.63, 3.8) is 0 Å². The van der Waals surface area contributed by atoms with E-state index in [-0.39, 0.29) is 42.4 Å². The maximum Gasteiger partial charge on any atom is 0.123 e. The highest BCUT2D eigenvalue weighted by Gasteiger charge is 2.33. The lowest BCUT2D eigenvalue weighted by atomic mass is 9.85. The number of phenolic OH excluding ortho intramolecular Hbond substituents is 1. The number of phenols is 1. The van der Waals surface area contributed by atoms with Crippen molar-refractivity contribution in [3.8, 4) is 5.75 Å². The van der Waals surface area contributed by atoms with Crippen LogP contribution in [0.2, 0.25) is 0 Å². The van der Waals surface area contributed by atoms with Gasteiger partial charge in [-0.05, 0) is 37.0 Å². The van der Waals surface area contributed by atoms with Crippen LogP contribution >= 0.6 is 24.8 Å². The first-order valence-corrected chi connectivity index (χ1v) is 7.76. The van der Waals surface area contributed by atoms with Crippen LogP contribution in [0.1, 0.15) is 24.4 Å². The van der Waals surface area contributed by atoms with Gasteiger partial charge in [0.25, 0.3) is 0 Å². The highest BCUT2D eigenvalue weighted by molar-refractivity contribution is 5.85. The third-order valence-corrected chi connectivity index (χ3v) is 4.57. The molecular weight excluding hydrogens is 342 g/mol. The maximum atomic E-state index is 13.7. The second kappa shape index (κ2) is 9.64. The monoisotopic (exact) mass is 366 g/mol. The molecule has 0 aromatic heterocycles. The predicted octanol–water partition coefficient (Wildman–Crippen LogP) is 2.75. The number of aromatic hydroxyl groups is 1. The topological polar surface area (TPSA) is 44.7 Å². The van der Waals surface area contributed by atoms with E-state index in [1.54, 1.807) is 0 Å². The van der Waals surface area contributed by atoms with E-state index in [0.29, 0.717) is 5.92 Å². The molecule has 132 valence electrons. The van der Waals surface area contributed by atoms with Crippen molar-refractivity contribution in [1.29, 1.82) is 0 Å². The molecule has 2 aliphatic heterocycles. The quantitative estimate of drug-likeness (QED) is 0.863. The molecule has 2 saturated heterocycles. The first-order valence-electron chi connectivity index (χ1n) is 7.76. The molecule has 0 saturated carbocycles. The van der Waals surface area contributed by atoms with Crippen LogP contribution in [0.4, 0.5) is 4.39 Å². The largest absolute Gasteiger partial charge is 0.508 e. The van der Waals surface area contributed by atoms with Crippen LogP contribution in [-0.2, 0) is 4.74 Å². The summed E-state index contributed by atoms with van der Waals surface area (Å²) in [6.45, 7) is 5.24. The number of hydrogen-bond acceptors (Lipinski definition) is 4. The molecule has 2 aliphatic rings. The van der Waals surface area contributed by atoms with Crippen molar-refractivity contribution in [2.24, 2.45) is 5.92 Å². The van der Waals surface area contributed by atoms with Crippen LogP contribution in [0.25, 0.3) is 0 Å². The molecule has 2 N–H and O–H groups in total. The molecule has 0 aliphatic carbocycles. The molecule has 0 radical (unpaired) electrons. The number of nitrogens with zero attached hydrogens (tertiary/aromatic N) is 1. The van der Waals surface area contributed by atoms with Gasteiger partial charge in [0.1, 0.15) is 11.6 Å². The molecule has 0 amide bonds. The smallest absolute Gasteiger partial charge is 0.123 e. The van der Waals surface area contributed by atoms with Crippen molar-refractivity contribution in [2.75, 3.05) is 39.4 Å². The average Bonchev–Trinajstić information content (AvgIpc) is 2.53. The lowest BCUT2D eigenvalue weighted by Crippen LogP contribution is -2.47. The Balaban J connectivity index is 0.00000132. The lowest BCUT2D eigenvalue weighted by Gasteiger charge is -2.41. The second-order valence-corrected chi connectivity index (χ2v) is 5.88. The minimum atomic E-state index is -0.282. The van der Waals surface area contributed by atoms with Crippen LogP contribution in [0.5, 0.6) is 5.75 Å². The van der Waals surface area contributed by atoms with Gasteiger partial charge in [-0.3, -0.25) is 4.90 Å². The number of benzene rings is 1. The van der Waals surface area contributed by atoms with Gasteiger partial charge in [0.15, 0.2) is 0 Å². The van der Waals surface area contributed by atoms with Crippen LogP contribution in [0, 0.1) is 11.7 Å². The van der Waals surface area contributed by atoms with Crippen LogP contribution in [0.15, 0.2) is 18.2 Å². The van der Waals surface area contributed by atoms with Crippen molar-refractivity contribution in [2.45, 2.75) is 18.9 Å². The average molecular weight is 367 g/mol. The van der Waals surface area contributed by atoms with Crippen LogP contribution < -0.4 is 5.32 Å². The van der Waals surface area contributed by atoms with E-state index in [2.05, 4.69) is 10.2 Å². The molecule has 0 bridgehead atoms. The Hall–Kier alpha value is -0.590. The first kappa shape index (κ1) is 20.5. The summed E-state index contributed by atoms with van der Waals surface area (Å²) in [6, 6.07) is 4.36. The summed E-state index contributed by atoms with van der Waals surface area (Å²) in [5.41, 5.74) is 0.726. The lowest BCUT2D eigenvalue weighted by molar-refractivity contribution is 0.0205. The van der Waals surface area contributed by atoms with Crippen LogP contribution in [0.3, 0.4) is 0 Å². The van der Waals surface area contributed by atoms with Gasteiger partial charge < -0.3 is 15.2 Å². The summed E-state index contributed by atoms with van der Waals surface area (Å²) in [5.74, 6) is 0.325. The van der Waals surface area contributed by atoms with Gasteiger partial charge in [0.2, 0.25) is 0 Å². The van der Waals surface area contributed by atoms with Crippen molar-refractivity contribution in [1.82, 2.24) is 10.2 Å². The fourth-order valence-electron chi connectivity index (χ4n) is 3.50. The van der Waals surface area contributed by atoms with E-state index < -0.39 is 0 Å². The first-order chi connectivity index (χ1) is 10.3. The second-order valence-electron chi connectivity index (χ2n) is 5.88. The number of hydrogen-bond donors (Lipinski definition) is 2. The molecule has 1 atom stereocenters. The molecule has 2 heterocycles. The third-order valence-electron chi connectivity index (χ3n) is 4.57. The summed E-state index contributed by atoms with van der Waals surface area (Å²) in [7, 11) is 0. The highest BCUT2D eigenvalue weighted by atomic mass is 35.5. The SMILES string of the molecule is Cl.Cl.Oc1ccc(F)cc1[C@@H](C1CCOCC1)N1CCNCC1. The van der Waals surface area contributed by atoms with Gasteiger partial charge in [-0.15, -0.1) is 24.8 Å². The molecule has 2 fully saturated rings. The summed E-state index contributed by atoms with van der Waals surface area (Å²) >= 11 is 0. The van der Waals surface area contributed by atoms with E-state index in [4.69, 9.17) is 4.74 Å². The summed E-state index contributed by atoms with van der Waals surface area (Å²) in [6.07, 6.45) is 1.93. The Morgan fingerprint density at radius 2 is 1.83 bits per heavy atom. The highest BCUT2D eigenvalue weighted by Crippen LogP contribution is 2.39. The van der Waals surface area contributed by atoms with Gasteiger partial charge in [0, 0.05) is 51.0 Å². The van der Waals surface area contributed by atoms with Crippen molar-refractivity contribution in [3.05, 3.63) is 29.6 Å². The molecule has 23 heavy (non-hydrogen) atoms.